The summed E-state index contributed by atoms with van der Waals surface area (Å²) in [5.41, 5.74) is 1.11. The summed E-state index contributed by atoms with van der Waals surface area (Å²) in [5, 5.41) is 0.598. The summed E-state index contributed by atoms with van der Waals surface area (Å²) in [6.07, 6.45) is 2.42. The summed E-state index contributed by atoms with van der Waals surface area (Å²) in [4.78, 5) is 26.5. The van der Waals surface area contributed by atoms with Gasteiger partial charge in [0, 0.05) is 18.1 Å². The number of carbonyl (C=O) groups excluding carboxylic acids is 2. The van der Waals surface area contributed by atoms with Gasteiger partial charge in [-0.15, -0.1) is 0 Å². The fourth-order valence-corrected chi connectivity index (χ4v) is 3.18. The molecule has 0 atom stereocenters. The van der Waals surface area contributed by atoms with Crippen LogP contribution in [-0.4, -0.2) is 36.5 Å². The third kappa shape index (κ3) is 3.99. The molecule has 1 fully saturated rings. The van der Waals surface area contributed by atoms with E-state index in [1.165, 1.54) is 0 Å². The van der Waals surface area contributed by atoms with Gasteiger partial charge in [-0.2, -0.15) is 0 Å². The van der Waals surface area contributed by atoms with Gasteiger partial charge in [0.15, 0.2) is 6.61 Å². The predicted molar refractivity (Wildman–Crippen MR) is 95.0 cm³/mol. The lowest BCUT2D eigenvalue weighted by Crippen LogP contribution is -2.45. The van der Waals surface area contributed by atoms with Crippen molar-refractivity contribution in [1.82, 2.24) is 4.90 Å². The van der Waals surface area contributed by atoms with Gasteiger partial charge in [0.05, 0.1) is 5.41 Å². The number of hydrogen-bond donors (Lipinski definition) is 0. The van der Waals surface area contributed by atoms with Crippen LogP contribution in [0.4, 0.5) is 0 Å². The standard InChI is InChI=1S/C19H24ClNO3/c1-4-21(12-14(2)3)17(22)13-24-18(23)19(9-6-10-19)15-7-5-8-16(20)11-15/h5,7-8,11H,2,4,6,9-10,12-13H2,1,3H3. The van der Waals surface area contributed by atoms with Crippen molar-refractivity contribution in [3.05, 3.63) is 47.0 Å². The normalized spacial score (nSPS) is 15.3. The molecule has 0 bridgehead atoms. The van der Waals surface area contributed by atoms with Crippen molar-refractivity contribution in [2.24, 2.45) is 0 Å². The van der Waals surface area contributed by atoms with Crippen LogP contribution >= 0.6 is 11.6 Å². The van der Waals surface area contributed by atoms with Gasteiger partial charge < -0.3 is 9.64 Å². The molecular weight excluding hydrogens is 326 g/mol. The zero-order valence-corrected chi connectivity index (χ0v) is 15.1. The van der Waals surface area contributed by atoms with Gasteiger partial charge >= 0.3 is 5.97 Å². The summed E-state index contributed by atoms with van der Waals surface area (Å²) in [6.45, 7) is 8.38. The number of carbonyl (C=O) groups is 2. The Morgan fingerprint density at radius 3 is 2.58 bits per heavy atom. The Morgan fingerprint density at radius 1 is 1.38 bits per heavy atom. The zero-order chi connectivity index (χ0) is 17.7. The summed E-state index contributed by atoms with van der Waals surface area (Å²) in [5.74, 6) is -0.537. The van der Waals surface area contributed by atoms with E-state index in [1.807, 2.05) is 32.0 Å². The van der Waals surface area contributed by atoms with E-state index in [9.17, 15) is 9.59 Å². The minimum atomic E-state index is -0.656. The molecule has 0 spiro atoms. The Kier molecular flexibility index (Phi) is 6.05. The highest BCUT2D eigenvalue weighted by Crippen LogP contribution is 2.45. The van der Waals surface area contributed by atoms with E-state index in [-0.39, 0.29) is 18.5 Å². The molecule has 0 heterocycles. The lowest BCUT2D eigenvalue weighted by molar-refractivity contribution is -0.160. The van der Waals surface area contributed by atoms with Crippen LogP contribution in [-0.2, 0) is 19.7 Å². The maximum atomic E-state index is 12.6. The highest BCUT2D eigenvalue weighted by Gasteiger charge is 2.47. The van der Waals surface area contributed by atoms with Crippen LogP contribution in [0.25, 0.3) is 0 Å². The maximum absolute atomic E-state index is 12.6. The SMILES string of the molecule is C=C(C)CN(CC)C(=O)COC(=O)C1(c2cccc(Cl)c2)CCC1. The van der Waals surface area contributed by atoms with E-state index < -0.39 is 5.41 Å². The Hall–Kier alpha value is -1.81. The molecule has 1 amide bonds. The second kappa shape index (κ2) is 7.84. The molecule has 4 nitrogen and oxygen atoms in total. The zero-order valence-electron chi connectivity index (χ0n) is 14.3. The van der Waals surface area contributed by atoms with Gasteiger partial charge in [0.25, 0.3) is 5.91 Å². The lowest BCUT2D eigenvalue weighted by atomic mass is 9.64. The topological polar surface area (TPSA) is 46.6 Å². The fraction of sp³-hybridized carbons (Fsp3) is 0.474. The molecule has 1 aromatic rings. The summed E-state index contributed by atoms with van der Waals surface area (Å²) in [7, 11) is 0. The number of nitrogens with zero attached hydrogens (tertiary/aromatic N) is 1. The van der Waals surface area contributed by atoms with Gasteiger partial charge in [-0.1, -0.05) is 42.3 Å². The highest BCUT2D eigenvalue weighted by molar-refractivity contribution is 6.30. The Labute approximate surface area is 148 Å². The maximum Gasteiger partial charge on any atom is 0.317 e. The first-order valence-electron chi connectivity index (χ1n) is 8.24. The summed E-state index contributed by atoms with van der Waals surface area (Å²) in [6, 6.07) is 7.32. The molecule has 130 valence electrons. The smallest absolute Gasteiger partial charge is 0.317 e. The van der Waals surface area contributed by atoms with E-state index in [1.54, 1.807) is 11.0 Å². The number of benzene rings is 1. The molecule has 1 aromatic carbocycles. The molecule has 0 aliphatic heterocycles. The molecule has 0 radical (unpaired) electrons. The van der Waals surface area contributed by atoms with Crippen molar-refractivity contribution in [2.75, 3.05) is 19.7 Å². The molecule has 0 aromatic heterocycles. The molecular formula is C19H24ClNO3. The molecule has 1 aliphatic carbocycles. The van der Waals surface area contributed by atoms with Crippen LogP contribution in [0.3, 0.4) is 0 Å². The van der Waals surface area contributed by atoms with Crippen molar-refractivity contribution >= 4 is 23.5 Å². The van der Waals surface area contributed by atoms with Gasteiger partial charge in [0.2, 0.25) is 0 Å². The molecule has 0 saturated heterocycles. The van der Waals surface area contributed by atoms with Crippen molar-refractivity contribution in [2.45, 2.75) is 38.5 Å². The second-order valence-corrected chi connectivity index (χ2v) is 6.82. The van der Waals surface area contributed by atoms with E-state index in [4.69, 9.17) is 16.3 Å². The second-order valence-electron chi connectivity index (χ2n) is 6.39. The van der Waals surface area contributed by atoms with E-state index in [2.05, 4.69) is 6.58 Å². The molecule has 0 N–H and O–H groups in total. The molecule has 0 unspecified atom stereocenters. The number of amides is 1. The van der Waals surface area contributed by atoms with Gasteiger partial charge in [-0.3, -0.25) is 9.59 Å². The molecule has 1 saturated carbocycles. The van der Waals surface area contributed by atoms with Crippen molar-refractivity contribution < 1.29 is 14.3 Å². The molecule has 24 heavy (non-hydrogen) atoms. The average molecular weight is 350 g/mol. The van der Waals surface area contributed by atoms with Crippen molar-refractivity contribution in [3.63, 3.8) is 0 Å². The average Bonchev–Trinajstić information content (AvgIpc) is 2.49. The summed E-state index contributed by atoms with van der Waals surface area (Å²) >= 11 is 6.05. The first-order valence-corrected chi connectivity index (χ1v) is 8.62. The van der Waals surface area contributed by atoms with Crippen molar-refractivity contribution in [3.8, 4) is 0 Å². The first kappa shape index (κ1) is 18.5. The number of halogens is 1. The van der Waals surface area contributed by atoms with E-state index >= 15 is 0 Å². The molecule has 1 aliphatic rings. The largest absolute Gasteiger partial charge is 0.455 e. The quantitative estimate of drug-likeness (QED) is 0.556. The minimum Gasteiger partial charge on any atom is -0.455 e. The van der Waals surface area contributed by atoms with Crippen LogP contribution in [0.5, 0.6) is 0 Å². The summed E-state index contributed by atoms with van der Waals surface area (Å²) < 4.78 is 5.37. The molecule has 2 rings (SSSR count). The third-order valence-corrected chi connectivity index (χ3v) is 4.73. The van der Waals surface area contributed by atoms with Crippen LogP contribution in [0.2, 0.25) is 5.02 Å². The van der Waals surface area contributed by atoms with Crippen LogP contribution in [0.1, 0.15) is 38.7 Å². The van der Waals surface area contributed by atoms with Gasteiger partial charge in [0.1, 0.15) is 0 Å². The van der Waals surface area contributed by atoms with Crippen LogP contribution in [0, 0.1) is 0 Å². The Balaban J connectivity index is 2.03. The van der Waals surface area contributed by atoms with E-state index in [0.717, 1.165) is 30.4 Å². The Bertz CT molecular complexity index is 637. The number of ether oxygens (including phenoxy) is 1. The van der Waals surface area contributed by atoms with Gasteiger partial charge in [-0.05, 0) is 44.4 Å². The fourth-order valence-electron chi connectivity index (χ4n) is 2.99. The number of hydrogen-bond acceptors (Lipinski definition) is 3. The molecule has 5 heteroatoms. The van der Waals surface area contributed by atoms with Crippen LogP contribution in [0.15, 0.2) is 36.4 Å². The number of likely N-dealkylation sites (N-methyl/N-ethyl adjacent to an activating group) is 1. The van der Waals surface area contributed by atoms with Crippen molar-refractivity contribution in [1.29, 1.82) is 0 Å². The van der Waals surface area contributed by atoms with Gasteiger partial charge in [-0.25, -0.2) is 0 Å². The first-order chi connectivity index (χ1) is 11.4. The minimum absolute atomic E-state index is 0.200. The van der Waals surface area contributed by atoms with Crippen LogP contribution < -0.4 is 0 Å². The lowest BCUT2D eigenvalue weighted by Gasteiger charge is -2.39. The third-order valence-electron chi connectivity index (χ3n) is 4.50. The monoisotopic (exact) mass is 349 g/mol. The van der Waals surface area contributed by atoms with E-state index in [0.29, 0.717) is 18.1 Å². The highest BCUT2D eigenvalue weighted by atomic mass is 35.5. The predicted octanol–water partition coefficient (Wildman–Crippen LogP) is 3.73. The number of esters is 1. The Morgan fingerprint density at radius 2 is 2.08 bits per heavy atom. The number of rotatable bonds is 7.